The fourth-order valence-electron chi connectivity index (χ4n) is 2.02. The third kappa shape index (κ3) is 3.65. The van der Waals surface area contributed by atoms with E-state index in [0.717, 1.165) is 11.2 Å². The van der Waals surface area contributed by atoms with Crippen molar-refractivity contribution < 1.29 is 18.8 Å². The summed E-state index contributed by atoms with van der Waals surface area (Å²) in [5, 5.41) is 0. The summed E-state index contributed by atoms with van der Waals surface area (Å²) < 4.78 is 23.2. The molecular formula is C17H27BO4. The van der Waals surface area contributed by atoms with Crippen molar-refractivity contribution in [3.05, 3.63) is 24.3 Å². The Morgan fingerprint density at radius 3 is 1.95 bits per heavy atom. The van der Waals surface area contributed by atoms with Crippen LogP contribution in [0.1, 0.15) is 41.5 Å². The second-order valence-electron chi connectivity index (χ2n) is 7.41. The molecule has 0 aromatic heterocycles. The second-order valence-corrected chi connectivity index (χ2v) is 7.41. The lowest BCUT2D eigenvalue weighted by Gasteiger charge is -2.32. The van der Waals surface area contributed by atoms with Crippen molar-refractivity contribution in [1.82, 2.24) is 0 Å². The highest BCUT2D eigenvalue weighted by Crippen LogP contribution is 2.36. The molecule has 0 bridgehead atoms. The molecule has 0 amide bonds. The summed E-state index contributed by atoms with van der Waals surface area (Å²) in [5.41, 5.74) is 0.0479. The van der Waals surface area contributed by atoms with Gasteiger partial charge in [-0.1, -0.05) is 12.1 Å². The molecule has 0 saturated carbocycles. The van der Waals surface area contributed by atoms with Gasteiger partial charge in [0.05, 0.1) is 16.8 Å². The van der Waals surface area contributed by atoms with Gasteiger partial charge in [-0.05, 0) is 59.1 Å². The highest BCUT2D eigenvalue weighted by Gasteiger charge is 2.51. The Kier molecular flexibility index (Phi) is 4.62. The maximum Gasteiger partial charge on any atom is 0.494 e. The molecule has 1 aromatic rings. The molecule has 5 heteroatoms. The number of ether oxygens (including phenoxy) is 2. The monoisotopic (exact) mass is 306 g/mol. The van der Waals surface area contributed by atoms with Crippen LogP contribution in [0.15, 0.2) is 24.3 Å². The van der Waals surface area contributed by atoms with Crippen LogP contribution >= 0.6 is 0 Å². The van der Waals surface area contributed by atoms with E-state index in [9.17, 15) is 0 Å². The van der Waals surface area contributed by atoms with Gasteiger partial charge in [-0.2, -0.15) is 0 Å². The Morgan fingerprint density at radius 1 is 1.00 bits per heavy atom. The first-order valence-electron chi connectivity index (χ1n) is 7.70. The van der Waals surface area contributed by atoms with Gasteiger partial charge in [0.2, 0.25) is 0 Å². The van der Waals surface area contributed by atoms with Gasteiger partial charge in [0.25, 0.3) is 0 Å². The van der Waals surface area contributed by atoms with Crippen molar-refractivity contribution in [2.45, 2.75) is 58.3 Å². The molecule has 0 unspecified atom stereocenters. The minimum absolute atomic E-state index is 0.301. The van der Waals surface area contributed by atoms with E-state index in [-0.39, 0.29) is 23.9 Å². The van der Waals surface area contributed by atoms with Gasteiger partial charge >= 0.3 is 7.12 Å². The van der Waals surface area contributed by atoms with Crippen LogP contribution in [0, 0.1) is 0 Å². The first-order chi connectivity index (χ1) is 10.1. The van der Waals surface area contributed by atoms with Crippen molar-refractivity contribution in [2.24, 2.45) is 0 Å². The zero-order chi connectivity index (χ0) is 16.6. The van der Waals surface area contributed by atoms with Crippen LogP contribution in [0.2, 0.25) is 0 Å². The summed E-state index contributed by atoms with van der Waals surface area (Å²) in [6.45, 7) is 12.7. The van der Waals surface area contributed by atoms with Crippen molar-refractivity contribution in [3.63, 3.8) is 0 Å². The summed E-state index contributed by atoms with van der Waals surface area (Å²) in [6.07, 6.45) is 0. The number of methoxy groups -OCH3 is 1. The minimum Gasteiger partial charge on any atom is -0.491 e. The second kappa shape index (κ2) is 5.87. The summed E-state index contributed by atoms with van der Waals surface area (Å²) in [5.74, 6) is 0.811. The standard InChI is InChI=1S/C17H27BO4/c1-15(2,19-7)12-20-14-10-8-13(9-11-14)18-21-16(3,4)17(5,6)22-18/h8-11H,12H2,1-7H3. The zero-order valence-electron chi connectivity index (χ0n) is 14.7. The molecular weight excluding hydrogens is 279 g/mol. The van der Waals surface area contributed by atoms with E-state index < -0.39 is 0 Å². The normalized spacial score (nSPS) is 20.2. The van der Waals surface area contributed by atoms with Crippen LogP contribution in [0.4, 0.5) is 0 Å². The molecule has 22 heavy (non-hydrogen) atoms. The third-order valence-electron chi connectivity index (χ3n) is 4.54. The highest BCUT2D eigenvalue weighted by molar-refractivity contribution is 6.62. The zero-order valence-corrected chi connectivity index (χ0v) is 14.7. The maximum absolute atomic E-state index is 6.04. The molecule has 0 radical (unpaired) electrons. The predicted molar refractivity (Wildman–Crippen MR) is 88.7 cm³/mol. The third-order valence-corrected chi connectivity index (χ3v) is 4.54. The van der Waals surface area contributed by atoms with Gasteiger partial charge in [-0.15, -0.1) is 0 Å². The molecule has 1 heterocycles. The van der Waals surface area contributed by atoms with Gasteiger partial charge in [0.1, 0.15) is 12.4 Å². The predicted octanol–water partition coefficient (Wildman–Crippen LogP) is 2.79. The summed E-state index contributed by atoms with van der Waals surface area (Å²) in [7, 11) is 1.35. The first kappa shape index (κ1) is 17.3. The molecule has 0 spiro atoms. The SMILES string of the molecule is COC(C)(C)COc1ccc(B2OC(C)(C)C(C)(C)O2)cc1. The molecule has 1 fully saturated rings. The van der Waals surface area contributed by atoms with Gasteiger partial charge in [-0.3, -0.25) is 0 Å². The van der Waals surface area contributed by atoms with E-state index >= 15 is 0 Å². The lowest BCUT2D eigenvalue weighted by atomic mass is 9.79. The fraction of sp³-hybridized carbons (Fsp3) is 0.647. The molecule has 1 aliphatic rings. The van der Waals surface area contributed by atoms with E-state index in [1.807, 2.05) is 38.1 Å². The Balaban J connectivity index is 2.01. The highest BCUT2D eigenvalue weighted by atomic mass is 16.7. The van der Waals surface area contributed by atoms with Crippen LogP contribution < -0.4 is 10.2 Å². The van der Waals surface area contributed by atoms with E-state index in [1.54, 1.807) is 7.11 Å². The molecule has 0 aliphatic carbocycles. The summed E-state index contributed by atoms with van der Waals surface area (Å²) in [6, 6.07) is 7.84. The van der Waals surface area contributed by atoms with Crippen molar-refractivity contribution in [2.75, 3.05) is 13.7 Å². The lowest BCUT2D eigenvalue weighted by molar-refractivity contribution is -0.0146. The van der Waals surface area contributed by atoms with Crippen LogP contribution in [-0.2, 0) is 14.0 Å². The van der Waals surface area contributed by atoms with E-state index in [1.165, 1.54) is 0 Å². The number of hydrogen-bond donors (Lipinski definition) is 0. The number of benzene rings is 1. The molecule has 1 saturated heterocycles. The fourth-order valence-corrected chi connectivity index (χ4v) is 2.02. The van der Waals surface area contributed by atoms with E-state index in [4.69, 9.17) is 18.8 Å². The van der Waals surface area contributed by atoms with Crippen molar-refractivity contribution in [1.29, 1.82) is 0 Å². The Morgan fingerprint density at radius 2 is 1.50 bits per heavy atom. The topological polar surface area (TPSA) is 36.9 Å². The Hall–Kier alpha value is -1.04. The summed E-state index contributed by atoms with van der Waals surface area (Å²) >= 11 is 0. The van der Waals surface area contributed by atoms with E-state index in [2.05, 4.69) is 27.7 Å². The number of hydrogen-bond acceptors (Lipinski definition) is 4. The van der Waals surface area contributed by atoms with Gasteiger partial charge < -0.3 is 18.8 Å². The summed E-state index contributed by atoms with van der Waals surface area (Å²) in [4.78, 5) is 0. The molecule has 2 rings (SSSR count). The van der Waals surface area contributed by atoms with Gasteiger partial charge in [0.15, 0.2) is 0 Å². The Bertz CT molecular complexity index is 492. The average molecular weight is 306 g/mol. The van der Waals surface area contributed by atoms with Crippen molar-refractivity contribution >= 4 is 12.6 Å². The molecule has 0 N–H and O–H groups in total. The number of rotatable bonds is 5. The van der Waals surface area contributed by atoms with Crippen molar-refractivity contribution in [3.8, 4) is 5.75 Å². The van der Waals surface area contributed by atoms with Gasteiger partial charge in [-0.25, -0.2) is 0 Å². The maximum atomic E-state index is 6.04. The van der Waals surface area contributed by atoms with Crippen LogP contribution in [0.25, 0.3) is 0 Å². The molecule has 122 valence electrons. The van der Waals surface area contributed by atoms with Crippen LogP contribution in [-0.4, -0.2) is 37.6 Å². The van der Waals surface area contributed by atoms with E-state index in [0.29, 0.717) is 6.61 Å². The average Bonchev–Trinajstić information content (AvgIpc) is 2.66. The molecule has 4 nitrogen and oxygen atoms in total. The van der Waals surface area contributed by atoms with Crippen LogP contribution in [0.5, 0.6) is 5.75 Å². The Labute approximate surface area is 134 Å². The smallest absolute Gasteiger partial charge is 0.491 e. The largest absolute Gasteiger partial charge is 0.494 e. The lowest BCUT2D eigenvalue weighted by Crippen LogP contribution is -2.41. The molecule has 1 aromatic carbocycles. The first-order valence-corrected chi connectivity index (χ1v) is 7.70. The molecule has 1 aliphatic heterocycles. The van der Waals surface area contributed by atoms with Gasteiger partial charge in [0, 0.05) is 7.11 Å². The van der Waals surface area contributed by atoms with Crippen LogP contribution in [0.3, 0.4) is 0 Å². The molecule has 0 atom stereocenters. The minimum atomic E-state index is -0.338. The quantitative estimate of drug-likeness (QED) is 0.784.